The number of nitrogens with two attached hydrogens (primary N) is 1. The maximum Gasteiger partial charge on any atom is 0.346 e. The normalized spacial score (nSPS) is 11.4. The number of carbonyl (C=O) groups is 2. The molecule has 0 heterocycles. The van der Waals surface area contributed by atoms with Gasteiger partial charge < -0.3 is 25.8 Å². The molecule has 0 aliphatic carbocycles. The summed E-state index contributed by atoms with van der Waals surface area (Å²) in [5.41, 5.74) is 7.14. The third-order valence-electron chi connectivity index (χ3n) is 3.43. The lowest BCUT2D eigenvalue weighted by Crippen LogP contribution is -2.24. The lowest BCUT2D eigenvalue weighted by molar-refractivity contribution is -0.147. The van der Waals surface area contributed by atoms with E-state index in [-0.39, 0.29) is 17.3 Å². The summed E-state index contributed by atoms with van der Waals surface area (Å²) in [6.45, 7) is 2.87. The SMILES string of the molecule is COC(=O)C(C)Oc1ccc(Nc2cc(NC(C)=O)c(F)cc2N)cc1. The summed E-state index contributed by atoms with van der Waals surface area (Å²) >= 11 is 0. The predicted octanol–water partition coefficient (Wildman–Crippen LogP) is 3.05. The summed E-state index contributed by atoms with van der Waals surface area (Å²) in [4.78, 5) is 22.5. The van der Waals surface area contributed by atoms with Crippen LogP contribution in [0.15, 0.2) is 36.4 Å². The van der Waals surface area contributed by atoms with E-state index in [2.05, 4.69) is 15.4 Å². The molecule has 26 heavy (non-hydrogen) atoms. The van der Waals surface area contributed by atoms with Crippen molar-refractivity contribution in [1.82, 2.24) is 0 Å². The lowest BCUT2D eigenvalue weighted by Gasteiger charge is -2.14. The number of esters is 1. The van der Waals surface area contributed by atoms with Crippen molar-refractivity contribution in [1.29, 1.82) is 0 Å². The van der Waals surface area contributed by atoms with Gasteiger partial charge in [0.25, 0.3) is 0 Å². The van der Waals surface area contributed by atoms with Crippen LogP contribution in [-0.2, 0) is 14.3 Å². The highest BCUT2D eigenvalue weighted by atomic mass is 19.1. The molecule has 4 N–H and O–H groups in total. The Labute approximate surface area is 150 Å². The minimum absolute atomic E-state index is 0.0288. The molecule has 0 aliphatic heterocycles. The number of hydrogen-bond acceptors (Lipinski definition) is 6. The number of methoxy groups -OCH3 is 1. The fraction of sp³-hybridized carbons (Fsp3) is 0.222. The molecular weight excluding hydrogens is 341 g/mol. The van der Waals surface area contributed by atoms with Gasteiger partial charge in [-0.25, -0.2) is 9.18 Å². The van der Waals surface area contributed by atoms with E-state index >= 15 is 0 Å². The molecule has 0 bridgehead atoms. The Bertz CT molecular complexity index is 809. The second kappa shape index (κ2) is 8.19. The van der Waals surface area contributed by atoms with Crippen molar-refractivity contribution >= 4 is 34.6 Å². The number of amides is 1. The molecule has 2 aromatic rings. The Kier molecular flexibility index (Phi) is 6.00. The van der Waals surface area contributed by atoms with Gasteiger partial charge in [0.05, 0.1) is 24.2 Å². The van der Waals surface area contributed by atoms with Gasteiger partial charge in [-0.3, -0.25) is 4.79 Å². The highest BCUT2D eigenvalue weighted by molar-refractivity contribution is 5.91. The molecule has 2 aromatic carbocycles. The molecule has 1 atom stereocenters. The lowest BCUT2D eigenvalue weighted by atomic mass is 10.2. The standard InChI is InChI=1S/C18H20FN3O4/c1-10(18(24)25-3)26-13-6-4-12(5-7-13)22-17-9-16(21-11(2)23)14(19)8-15(17)20/h4-10,22H,20H2,1-3H3,(H,21,23). The van der Waals surface area contributed by atoms with Gasteiger partial charge in [0.2, 0.25) is 5.91 Å². The number of nitrogen functional groups attached to an aromatic ring is 1. The van der Waals surface area contributed by atoms with Gasteiger partial charge in [-0.15, -0.1) is 0 Å². The summed E-state index contributed by atoms with van der Waals surface area (Å²) in [7, 11) is 1.29. The van der Waals surface area contributed by atoms with Crippen molar-refractivity contribution in [2.45, 2.75) is 20.0 Å². The van der Waals surface area contributed by atoms with E-state index in [1.54, 1.807) is 31.2 Å². The molecule has 0 fully saturated rings. The third kappa shape index (κ3) is 4.85. The molecule has 0 aliphatic rings. The molecule has 2 rings (SSSR count). The van der Waals surface area contributed by atoms with E-state index in [0.717, 1.165) is 6.07 Å². The molecule has 7 nitrogen and oxygen atoms in total. The van der Waals surface area contributed by atoms with Crippen LogP contribution in [0.3, 0.4) is 0 Å². The summed E-state index contributed by atoms with van der Waals surface area (Å²) in [6.07, 6.45) is -0.730. The van der Waals surface area contributed by atoms with Crippen molar-refractivity contribution < 1.29 is 23.5 Å². The van der Waals surface area contributed by atoms with Gasteiger partial charge in [-0.2, -0.15) is 0 Å². The van der Waals surface area contributed by atoms with Crippen molar-refractivity contribution in [3.05, 3.63) is 42.2 Å². The molecule has 0 radical (unpaired) electrons. The van der Waals surface area contributed by atoms with E-state index in [4.69, 9.17) is 10.5 Å². The first-order valence-electron chi connectivity index (χ1n) is 7.78. The number of nitrogens with one attached hydrogen (secondary N) is 2. The molecule has 8 heteroatoms. The molecular formula is C18H20FN3O4. The van der Waals surface area contributed by atoms with Gasteiger partial charge in [-0.1, -0.05) is 0 Å². The largest absolute Gasteiger partial charge is 0.479 e. The predicted molar refractivity (Wildman–Crippen MR) is 96.9 cm³/mol. The Morgan fingerprint density at radius 3 is 2.38 bits per heavy atom. The minimum Gasteiger partial charge on any atom is -0.479 e. The fourth-order valence-electron chi connectivity index (χ4n) is 2.17. The van der Waals surface area contributed by atoms with Crippen LogP contribution in [0.5, 0.6) is 5.75 Å². The second-order valence-electron chi connectivity index (χ2n) is 5.53. The Morgan fingerprint density at radius 1 is 1.15 bits per heavy atom. The quantitative estimate of drug-likeness (QED) is 0.540. The van der Waals surface area contributed by atoms with E-state index in [1.807, 2.05) is 0 Å². The number of carbonyl (C=O) groups excluding carboxylic acids is 2. The minimum atomic E-state index is -0.730. The van der Waals surface area contributed by atoms with Crippen molar-refractivity contribution in [2.24, 2.45) is 0 Å². The first-order valence-corrected chi connectivity index (χ1v) is 7.78. The van der Waals surface area contributed by atoms with E-state index < -0.39 is 17.9 Å². The highest BCUT2D eigenvalue weighted by Crippen LogP contribution is 2.30. The summed E-state index contributed by atoms with van der Waals surface area (Å²) in [5, 5.41) is 5.44. The van der Waals surface area contributed by atoms with Crippen molar-refractivity contribution in [3.8, 4) is 5.75 Å². The monoisotopic (exact) mass is 361 g/mol. The number of anilines is 4. The second-order valence-corrected chi connectivity index (χ2v) is 5.53. The number of rotatable bonds is 6. The molecule has 138 valence electrons. The Morgan fingerprint density at radius 2 is 1.81 bits per heavy atom. The molecule has 0 saturated carbocycles. The van der Waals surface area contributed by atoms with E-state index in [1.165, 1.54) is 20.1 Å². The van der Waals surface area contributed by atoms with Crippen LogP contribution in [0.2, 0.25) is 0 Å². The third-order valence-corrected chi connectivity index (χ3v) is 3.43. The van der Waals surface area contributed by atoms with Crippen LogP contribution in [0.4, 0.5) is 27.1 Å². The Hall–Kier alpha value is -3.29. The first-order chi connectivity index (χ1) is 12.3. The summed E-state index contributed by atoms with van der Waals surface area (Å²) in [6, 6.07) is 9.28. The highest BCUT2D eigenvalue weighted by Gasteiger charge is 2.14. The summed E-state index contributed by atoms with van der Waals surface area (Å²) in [5.74, 6) is -0.999. The Balaban J connectivity index is 2.13. The van der Waals surface area contributed by atoms with Gasteiger partial charge in [0, 0.05) is 18.7 Å². The van der Waals surface area contributed by atoms with Crippen LogP contribution in [0.25, 0.3) is 0 Å². The number of halogens is 1. The van der Waals surface area contributed by atoms with Crippen LogP contribution < -0.4 is 21.1 Å². The zero-order valence-electron chi connectivity index (χ0n) is 14.6. The van der Waals surface area contributed by atoms with Gasteiger partial charge >= 0.3 is 5.97 Å². The zero-order valence-corrected chi connectivity index (χ0v) is 14.6. The first kappa shape index (κ1) is 19.0. The topological polar surface area (TPSA) is 103 Å². The van der Waals surface area contributed by atoms with Crippen molar-refractivity contribution in [3.63, 3.8) is 0 Å². The average Bonchev–Trinajstić information content (AvgIpc) is 2.59. The van der Waals surface area contributed by atoms with Gasteiger partial charge in [0.15, 0.2) is 6.10 Å². The molecule has 1 unspecified atom stereocenters. The van der Waals surface area contributed by atoms with Crippen LogP contribution >= 0.6 is 0 Å². The maximum atomic E-state index is 13.8. The molecule has 1 amide bonds. The van der Waals surface area contributed by atoms with Gasteiger partial charge in [0.1, 0.15) is 11.6 Å². The number of ether oxygens (including phenoxy) is 2. The molecule has 0 saturated heterocycles. The smallest absolute Gasteiger partial charge is 0.346 e. The van der Waals surface area contributed by atoms with Crippen LogP contribution in [0.1, 0.15) is 13.8 Å². The zero-order chi connectivity index (χ0) is 19.3. The maximum absolute atomic E-state index is 13.8. The van der Waals surface area contributed by atoms with Crippen LogP contribution in [0, 0.1) is 5.82 Å². The number of hydrogen-bond donors (Lipinski definition) is 3. The summed E-state index contributed by atoms with van der Waals surface area (Å²) < 4.78 is 23.9. The fourth-order valence-corrected chi connectivity index (χ4v) is 2.17. The molecule has 0 spiro atoms. The number of benzene rings is 2. The molecule has 0 aromatic heterocycles. The van der Waals surface area contributed by atoms with E-state index in [0.29, 0.717) is 17.1 Å². The average molecular weight is 361 g/mol. The van der Waals surface area contributed by atoms with E-state index in [9.17, 15) is 14.0 Å². The van der Waals surface area contributed by atoms with Crippen LogP contribution in [-0.4, -0.2) is 25.1 Å². The van der Waals surface area contributed by atoms with Gasteiger partial charge in [-0.05, 0) is 37.3 Å². The van der Waals surface area contributed by atoms with Crippen molar-refractivity contribution in [2.75, 3.05) is 23.5 Å².